The Balaban J connectivity index is 1.80. The van der Waals surface area contributed by atoms with Crippen LogP contribution < -0.4 is 0 Å². The number of pyridine rings is 1. The second kappa shape index (κ2) is 5.10. The number of carbonyl (C=O) groups is 1. The molecule has 1 aromatic rings. The predicted octanol–water partition coefficient (Wildman–Crippen LogP) is 2.04. The maximum Gasteiger partial charge on any atom is 0.257 e. The number of aromatic nitrogens is 1. The van der Waals surface area contributed by atoms with Crippen LogP contribution in [0.3, 0.4) is 0 Å². The second-order valence-corrected chi connectivity index (χ2v) is 5.79. The quantitative estimate of drug-likeness (QED) is 0.738. The van der Waals surface area contributed by atoms with Crippen LogP contribution in [0.15, 0.2) is 18.3 Å². The lowest BCUT2D eigenvalue weighted by Gasteiger charge is -2.26. The van der Waals surface area contributed by atoms with Crippen LogP contribution in [-0.2, 0) is 0 Å². The highest BCUT2D eigenvalue weighted by Gasteiger charge is 2.36. The average molecular weight is 280 g/mol. The molecule has 3 heterocycles. The molecule has 2 unspecified atom stereocenters. The van der Waals surface area contributed by atoms with Crippen molar-refractivity contribution in [2.24, 2.45) is 0 Å². The van der Waals surface area contributed by atoms with Crippen LogP contribution in [0.4, 0.5) is 0 Å². The number of hydrogen-bond acceptors (Lipinski definition) is 3. The van der Waals surface area contributed by atoms with Gasteiger partial charge in [-0.1, -0.05) is 11.6 Å². The molecule has 0 aromatic carbocycles. The smallest absolute Gasteiger partial charge is 0.257 e. The Kier molecular flexibility index (Phi) is 3.46. The number of likely N-dealkylation sites (tertiary alicyclic amines) is 1. The average Bonchev–Trinajstić information content (AvgIpc) is 2.63. The van der Waals surface area contributed by atoms with Gasteiger partial charge in [0.2, 0.25) is 0 Å². The van der Waals surface area contributed by atoms with Gasteiger partial charge in [0.25, 0.3) is 5.91 Å². The summed E-state index contributed by atoms with van der Waals surface area (Å²) in [5.41, 5.74) is 0.518. The molecule has 3 rings (SSSR count). The number of halogens is 1. The number of carbonyl (C=O) groups excluding carboxylic acids is 1. The molecule has 2 aliphatic heterocycles. The standard InChI is InChI=1S/C14H18ClN3O/c1-17-10-4-5-11(17)9-18(8-6-10)14(19)12-3-2-7-16-13(12)15/h2-3,7,10-11H,4-6,8-9H2,1H3. The van der Waals surface area contributed by atoms with Crippen molar-refractivity contribution in [1.29, 1.82) is 0 Å². The molecule has 102 valence electrons. The molecule has 2 aliphatic rings. The van der Waals surface area contributed by atoms with E-state index in [0.29, 0.717) is 22.8 Å². The van der Waals surface area contributed by atoms with Crippen LogP contribution in [-0.4, -0.2) is 52.9 Å². The van der Waals surface area contributed by atoms with E-state index >= 15 is 0 Å². The van der Waals surface area contributed by atoms with Gasteiger partial charge in [-0.15, -0.1) is 0 Å². The first kappa shape index (κ1) is 12.9. The fraction of sp³-hybridized carbons (Fsp3) is 0.571. The van der Waals surface area contributed by atoms with Crippen molar-refractivity contribution in [3.63, 3.8) is 0 Å². The van der Waals surface area contributed by atoms with Crippen molar-refractivity contribution in [2.45, 2.75) is 31.3 Å². The number of hydrogen-bond donors (Lipinski definition) is 0. The maximum atomic E-state index is 12.5. The van der Waals surface area contributed by atoms with E-state index in [1.165, 1.54) is 12.8 Å². The highest BCUT2D eigenvalue weighted by atomic mass is 35.5. The summed E-state index contributed by atoms with van der Waals surface area (Å²) in [7, 11) is 2.17. The minimum atomic E-state index is 0.0130. The third kappa shape index (κ3) is 2.35. The normalized spacial score (nSPS) is 27.4. The monoisotopic (exact) mass is 279 g/mol. The molecule has 1 amide bonds. The lowest BCUT2D eigenvalue weighted by Crippen LogP contribution is -2.39. The van der Waals surface area contributed by atoms with Crippen LogP contribution in [0.25, 0.3) is 0 Å². The van der Waals surface area contributed by atoms with Crippen LogP contribution in [0, 0.1) is 0 Å². The van der Waals surface area contributed by atoms with Crippen molar-refractivity contribution in [3.8, 4) is 0 Å². The van der Waals surface area contributed by atoms with E-state index < -0.39 is 0 Å². The number of fused-ring (bicyclic) bond motifs is 2. The van der Waals surface area contributed by atoms with E-state index in [1.54, 1.807) is 18.3 Å². The molecule has 2 bridgehead atoms. The number of likely N-dealkylation sites (N-methyl/N-ethyl adjacent to an activating group) is 1. The predicted molar refractivity (Wildman–Crippen MR) is 74.3 cm³/mol. The van der Waals surface area contributed by atoms with Crippen molar-refractivity contribution < 1.29 is 4.79 Å². The van der Waals surface area contributed by atoms with Gasteiger partial charge in [-0.2, -0.15) is 0 Å². The van der Waals surface area contributed by atoms with Crippen molar-refractivity contribution in [2.75, 3.05) is 20.1 Å². The summed E-state index contributed by atoms with van der Waals surface area (Å²) in [5, 5.41) is 0.301. The molecular weight excluding hydrogens is 262 g/mol. The molecule has 0 spiro atoms. The fourth-order valence-electron chi connectivity index (χ4n) is 3.21. The van der Waals surface area contributed by atoms with E-state index in [1.807, 2.05) is 4.90 Å². The first-order valence-electron chi connectivity index (χ1n) is 6.78. The first-order valence-corrected chi connectivity index (χ1v) is 7.16. The highest BCUT2D eigenvalue weighted by Crippen LogP contribution is 2.29. The Morgan fingerprint density at radius 3 is 2.95 bits per heavy atom. The topological polar surface area (TPSA) is 36.4 Å². The molecule has 0 N–H and O–H groups in total. The minimum absolute atomic E-state index is 0.0130. The van der Waals surface area contributed by atoms with E-state index in [9.17, 15) is 4.79 Å². The van der Waals surface area contributed by atoms with Crippen LogP contribution >= 0.6 is 11.6 Å². The molecule has 19 heavy (non-hydrogen) atoms. The maximum absolute atomic E-state index is 12.5. The van der Waals surface area contributed by atoms with Gasteiger partial charge >= 0.3 is 0 Å². The van der Waals surface area contributed by atoms with Gasteiger partial charge < -0.3 is 4.90 Å². The molecular formula is C14H18ClN3O. The number of amides is 1. The second-order valence-electron chi connectivity index (χ2n) is 5.43. The first-order chi connectivity index (χ1) is 9.16. The Morgan fingerprint density at radius 2 is 2.16 bits per heavy atom. The van der Waals surface area contributed by atoms with Gasteiger partial charge in [0.15, 0.2) is 0 Å². The minimum Gasteiger partial charge on any atom is -0.337 e. The Morgan fingerprint density at radius 1 is 1.37 bits per heavy atom. The van der Waals surface area contributed by atoms with Crippen LogP contribution in [0.1, 0.15) is 29.6 Å². The zero-order chi connectivity index (χ0) is 13.4. The summed E-state index contributed by atoms with van der Waals surface area (Å²) < 4.78 is 0. The summed E-state index contributed by atoms with van der Waals surface area (Å²) in [5.74, 6) is 0.0130. The van der Waals surface area contributed by atoms with Gasteiger partial charge in [-0.3, -0.25) is 9.69 Å². The van der Waals surface area contributed by atoms with E-state index in [2.05, 4.69) is 16.9 Å². The SMILES string of the molecule is CN1C2CCC1CN(C(=O)c1cccnc1Cl)CC2. The molecule has 0 aliphatic carbocycles. The zero-order valence-corrected chi connectivity index (χ0v) is 11.8. The molecule has 0 radical (unpaired) electrons. The van der Waals surface area contributed by atoms with E-state index in [4.69, 9.17) is 11.6 Å². The van der Waals surface area contributed by atoms with E-state index in [-0.39, 0.29) is 5.91 Å². The van der Waals surface area contributed by atoms with Crippen LogP contribution in [0.5, 0.6) is 0 Å². The summed E-state index contributed by atoms with van der Waals surface area (Å²) in [6.45, 7) is 1.62. The van der Waals surface area contributed by atoms with Crippen molar-refractivity contribution in [3.05, 3.63) is 29.0 Å². The molecule has 2 saturated heterocycles. The van der Waals surface area contributed by atoms with Gasteiger partial charge in [0.05, 0.1) is 5.56 Å². The largest absolute Gasteiger partial charge is 0.337 e. The summed E-state index contributed by atoms with van der Waals surface area (Å²) in [6, 6.07) is 4.64. The molecule has 0 saturated carbocycles. The Labute approximate surface area is 118 Å². The zero-order valence-electron chi connectivity index (χ0n) is 11.1. The Bertz CT molecular complexity index is 493. The Hall–Kier alpha value is -1.13. The van der Waals surface area contributed by atoms with Crippen molar-refractivity contribution in [1.82, 2.24) is 14.8 Å². The molecule has 4 nitrogen and oxygen atoms in total. The number of rotatable bonds is 1. The summed E-state index contributed by atoms with van der Waals surface area (Å²) in [4.78, 5) is 20.9. The van der Waals surface area contributed by atoms with Crippen LogP contribution in [0.2, 0.25) is 5.15 Å². The lowest BCUT2D eigenvalue weighted by atomic mass is 10.1. The van der Waals surface area contributed by atoms with Gasteiger partial charge in [0, 0.05) is 31.4 Å². The molecule has 2 atom stereocenters. The molecule has 2 fully saturated rings. The van der Waals surface area contributed by atoms with Gasteiger partial charge in [-0.05, 0) is 38.4 Å². The lowest BCUT2D eigenvalue weighted by molar-refractivity contribution is 0.0740. The summed E-state index contributed by atoms with van der Waals surface area (Å²) >= 11 is 6.02. The van der Waals surface area contributed by atoms with Gasteiger partial charge in [-0.25, -0.2) is 4.98 Å². The highest BCUT2D eigenvalue weighted by molar-refractivity contribution is 6.32. The number of nitrogens with zero attached hydrogens (tertiary/aromatic N) is 3. The third-order valence-electron chi connectivity index (χ3n) is 4.43. The summed E-state index contributed by atoms with van der Waals surface area (Å²) in [6.07, 6.45) is 5.11. The van der Waals surface area contributed by atoms with Crippen molar-refractivity contribution >= 4 is 17.5 Å². The molecule has 1 aromatic heterocycles. The fourth-order valence-corrected chi connectivity index (χ4v) is 3.41. The van der Waals surface area contributed by atoms with Gasteiger partial charge in [0.1, 0.15) is 5.15 Å². The third-order valence-corrected chi connectivity index (χ3v) is 4.73. The van der Waals surface area contributed by atoms with E-state index in [0.717, 1.165) is 19.5 Å². The molecule has 5 heteroatoms.